The maximum Gasteiger partial charge on any atom is 0.488 e. The van der Waals surface area contributed by atoms with Crippen LogP contribution >= 0.6 is 15.9 Å². The number of hydrogen-bond donors (Lipinski definition) is 3. The Hall–Kier alpha value is -9.34. The van der Waals surface area contributed by atoms with Crippen LogP contribution in [0, 0.1) is 27.7 Å². The van der Waals surface area contributed by atoms with Crippen LogP contribution < -0.4 is 19.7 Å². The van der Waals surface area contributed by atoms with E-state index >= 15 is 0 Å². The quantitative estimate of drug-likeness (QED) is 0.0277. The number of methoxy groups -OCH3 is 4. The van der Waals surface area contributed by atoms with Gasteiger partial charge in [0.05, 0.1) is 46.5 Å². The van der Waals surface area contributed by atoms with Gasteiger partial charge in [0.2, 0.25) is 0 Å². The minimum Gasteiger partial charge on any atom is -0.508 e. The number of aryl methyl sites for hydroxylation is 4. The van der Waals surface area contributed by atoms with Crippen molar-refractivity contribution in [2.24, 2.45) is 0 Å². The Labute approximate surface area is 646 Å². The summed E-state index contributed by atoms with van der Waals surface area (Å²) in [6.07, 6.45) is 2.72. The number of aromatic hydroxyl groups is 1. The highest BCUT2D eigenvalue weighted by atomic mass is 79.9. The maximum atomic E-state index is 11.9. The standard InChI is InChI=1S/C18H18O4.C14H14O.C13H13BO3.C8H9Br.C8H10.C6H10O3.C6H6O.9C2H6/c1-20-13-17(18(19)21-2)16-11-7-6-8-14(16)12-22-15-9-4-3-5-10-15;1-12-7-5-6-8-13(12)11-15-14-9-3-2-4-10-14;15-14(16)13-9-5-4-6-11(13)10-17-12-7-2-1-3-8-12;1-7-4-2-3-5-8(7)6-9;1-7-5-3-4-6-8(7)2;1-5(4-8-2)6(7)9-3;7-6-4-2-1-3-5-6;9*1-2/h3-11,13H,12H2,1-2H3;2-10H,11H2,1H3;1-9,15-16H,10H2;2-5H,6H2,1H3;3-6H,1-2H3;4H,1-3H3;1-5,7H;9*1-2H3/b17-13+;;;;;5-4+;;;;;;;;;;. The number of halogens is 1. The van der Waals surface area contributed by atoms with Gasteiger partial charge in [0.15, 0.2) is 0 Å². The fourth-order valence-corrected chi connectivity index (χ4v) is 7.95. The van der Waals surface area contributed by atoms with Gasteiger partial charge in [-0.25, -0.2) is 9.59 Å². The summed E-state index contributed by atoms with van der Waals surface area (Å²) in [6.45, 7) is 47.4. The van der Waals surface area contributed by atoms with Crippen molar-refractivity contribution in [3.63, 3.8) is 0 Å². The van der Waals surface area contributed by atoms with Crippen molar-refractivity contribution in [1.29, 1.82) is 0 Å². The molecule has 0 aliphatic carbocycles. The molecule has 9 rings (SSSR count). The molecule has 0 fully saturated rings. The Morgan fingerprint density at radius 1 is 0.352 bits per heavy atom. The van der Waals surface area contributed by atoms with E-state index in [1.807, 2.05) is 270 Å². The van der Waals surface area contributed by atoms with Crippen LogP contribution in [0.4, 0.5) is 0 Å². The predicted molar refractivity (Wildman–Crippen MR) is 456 cm³/mol. The zero-order valence-electron chi connectivity index (χ0n) is 69.0. The summed E-state index contributed by atoms with van der Waals surface area (Å²) >= 11 is 3.41. The van der Waals surface area contributed by atoms with Crippen LogP contribution in [0.25, 0.3) is 5.57 Å². The molecular weight excluding hydrogens is 1380 g/mol. The first-order chi connectivity index (χ1) is 51.1. The van der Waals surface area contributed by atoms with Crippen molar-refractivity contribution in [2.75, 3.05) is 28.4 Å². The number of carbonyl (C=O) groups is 2. The molecule has 0 spiro atoms. The molecule has 0 amide bonds. The summed E-state index contributed by atoms with van der Waals surface area (Å²) in [6, 6.07) is 77.1. The Kier molecular flexibility index (Phi) is 85.1. The van der Waals surface area contributed by atoms with E-state index in [0.29, 0.717) is 42.2 Å². The third-order valence-electron chi connectivity index (χ3n) is 12.3. The molecule has 0 heterocycles. The molecule has 12 nitrogen and oxygen atoms in total. The number of ether oxygens (including phenoxy) is 7. The predicted octanol–water partition coefficient (Wildman–Crippen LogP) is 24.5. The minimum atomic E-state index is -1.47. The van der Waals surface area contributed by atoms with E-state index in [4.69, 9.17) is 28.8 Å². The van der Waals surface area contributed by atoms with Crippen LogP contribution in [-0.2, 0) is 53.7 Å². The van der Waals surface area contributed by atoms with E-state index < -0.39 is 13.1 Å². The molecule has 0 aliphatic heterocycles. The monoisotopic (exact) mass is 1510 g/mol. The first-order valence-electron chi connectivity index (χ1n) is 36.7. The van der Waals surface area contributed by atoms with Crippen molar-refractivity contribution >= 4 is 46.0 Å². The molecule has 0 radical (unpaired) electrons. The largest absolute Gasteiger partial charge is 0.508 e. The maximum absolute atomic E-state index is 11.9. The zero-order valence-corrected chi connectivity index (χ0v) is 70.6. The number of phenols is 1. The molecule has 0 atom stereocenters. The van der Waals surface area contributed by atoms with E-state index in [9.17, 15) is 19.6 Å². The molecule has 3 N–H and O–H groups in total. The van der Waals surface area contributed by atoms with Crippen molar-refractivity contribution in [3.05, 3.63) is 311 Å². The van der Waals surface area contributed by atoms with Gasteiger partial charge >= 0.3 is 19.1 Å². The van der Waals surface area contributed by atoms with Crippen LogP contribution in [0.5, 0.6) is 23.0 Å². The topological polar surface area (TPSA) is 159 Å². The number of para-hydroxylation sites is 4. The summed E-state index contributed by atoms with van der Waals surface area (Å²) in [5, 5.41) is 28.0. The molecule has 9 aromatic carbocycles. The molecule has 0 bridgehead atoms. The lowest BCUT2D eigenvalue weighted by Gasteiger charge is -2.12. The number of phenolic OH excluding ortho intramolecular Hbond substituents is 1. The first-order valence-corrected chi connectivity index (χ1v) is 37.8. The van der Waals surface area contributed by atoms with Crippen molar-refractivity contribution < 1.29 is 57.9 Å². The van der Waals surface area contributed by atoms with Gasteiger partial charge in [0.25, 0.3) is 0 Å². The molecule has 9 aromatic rings. The fourth-order valence-electron chi connectivity index (χ4n) is 7.32. The molecule has 0 saturated carbocycles. The van der Waals surface area contributed by atoms with E-state index in [0.717, 1.165) is 39.3 Å². The molecule has 0 aliphatic rings. The number of esters is 2. The van der Waals surface area contributed by atoms with E-state index in [1.165, 1.54) is 74.3 Å². The average molecular weight is 1510 g/mol. The van der Waals surface area contributed by atoms with Crippen molar-refractivity contribution in [2.45, 2.75) is 184 Å². The second-order valence-corrected chi connectivity index (χ2v) is 19.3. The molecule has 14 heteroatoms. The summed E-state index contributed by atoms with van der Waals surface area (Å²) in [5.74, 6) is 1.96. The van der Waals surface area contributed by atoms with Gasteiger partial charge in [0, 0.05) is 5.33 Å². The Balaban J connectivity index is -0.000000211. The van der Waals surface area contributed by atoms with Gasteiger partial charge in [-0.05, 0) is 139 Å². The van der Waals surface area contributed by atoms with Crippen LogP contribution in [0.1, 0.15) is 182 Å². The Morgan fingerprint density at radius 2 is 0.638 bits per heavy atom. The lowest BCUT2D eigenvalue weighted by molar-refractivity contribution is -0.136. The molecule has 0 saturated heterocycles. The van der Waals surface area contributed by atoms with Gasteiger partial charge < -0.3 is 48.3 Å². The summed E-state index contributed by atoms with van der Waals surface area (Å²) in [7, 11) is 4.17. The van der Waals surface area contributed by atoms with Gasteiger partial charge in [-0.1, -0.05) is 335 Å². The number of alkyl halides is 1. The Morgan fingerprint density at radius 3 is 0.943 bits per heavy atom. The van der Waals surface area contributed by atoms with Crippen LogP contribution in [0.2, 0.25) is 0 Å². The van der Waals surface area contributed by atoms with Crippen LogP contribution in [0.15, 0.2) is 261 Å². The van der Waals surface area contributed by atoms with Gasteiger partial charge in [-0.2, -0.15) is 0 Å². The third kappa shape index (κ3) is 55.8. The second-order valence-electron chi connectivity index (χ2n) is 18.7. The lowest BCUT2D eigenvalue weighted by Crippen LogP contribution is -2.33. The SMILES string of the molecule is CC.CC.CC.CC.CC.CC.CC.CC.CC.CO/C=C(/C(=O)OC)c1ccccc1COc1ccccc1.CO/C=C(\C)C(=O)OC.Cc1ccccc1C.Cc1ccccc1CBr.Cc1ccccc1COc1ccccc1.OB(O)c1ccccc1COc1ccccc1.Oc1ccccc1. The highest BCUT2D eigenvalue weighted by Crippen LogP contribution is 2.23. The number of carbonyl (C=O) groups excluding carboxylic acids is 2. The molecular formula is C91H134BBrO12. The number of hydrogen-bond acceptors (Lipinski definition) is 12. The number of benzene rings is 9. The Bertz CT molecular complexity index is 3360. The van der Waals surface area contributed by atoms with Crippen LogP contribution in [-0.4, -0.2) is 62.7 Å². The first kappa shape index (κ1) is 109. The van der Waals surface area contributed by atoms with Crippen LogP contribution in [0.3, 0.4) is 0 Å². The summed E-state index contributed by atoms with van der Waals surface area (Å²) in [5.41, 5.74) is 11.6. The fraction of sp³-hybridized carbons (Fsp3) is 0.341. The van der Waals surface area contributed by atoms with Crippen molar-refractivity contribution in [1.82, 2.24) is 0 Å². The molecule has 0 unspecified atom stereocenters. The van der Waals surface area contributed by atoms with E-state index in [1.54, 1.807) is 43.3 Å². The highest BCUT2D eigenvalue weighted by Gasteiger charge is 2.17. The molecule has 580 valence electrons. The van der Waals surface area contributed by atoms with Gasteiger partial charge in [-0.3, -0.25) is 0 Å². The molecule has 105 heavy (non-hydrogen) atoms. The van der Waals surface area contributed by atoms with E-state index in [-0.39, 0.29) is 5.97 Å². The van der Waals surface area contributed by atoms with Crippen molar-refractivity contribution in [3.8, 4) is 23.0 Å². The zero-order chi connectivity index (χ0) is 81.4. The third-order valence-corrected chi connectivity index (χ3v) is 12.9. The molecule has 0 aromatic heterocycles. The lowest BCUT2D eigenvalue weighted by atomic mass is 9.77. The minimum absolute atomic E-state index is 0.317. The smallest absolute Gasteiger partial charge is 0.488 e. The second kappa shape index (κ2) is 82.0. The summed E-state index contributed by atoms with van der Waals surface area (Å²) < 4.78 is 35.7. The normalized spacial score (nSPS) is 8.86. The van der Waals surface area contributed by atoms with E-state index in [2.05, 4.69) is 114 Å². The van der Waals surface area contributed by atoms with Gasteiger partial charge in [-0.15, -0.1) is 0 Å². The highest BCUT2D eigenvalue weighted by molar-refractivity contribution is 9.08. The van der Waals surface area contributed by atoms with Gasteiger partial charge in [0.1, 0.15) is 48.4 Å². The number of rotatable bonds is 16. The average Bonchev–Trinajstić information content (AvgIpc) is 0.841. The summed E-state index contributed by atoms with van der Waals surface area (Å²) in [4.78, 5) is 22.4.